The van der Waals surface area contributed by atoms with Gasteiger partial charge in [-0.15, -0.1) is 5.10 Å². The lowest BCUT2D eigenvalue weighted by atomic mass is 10.1. The quantitative estimate of drug-likeness (QED) is 0.528. The molecule has 0 saturated carbocycles. The van der Waals surface area contributed by atoms with Gasteiger partial charge in [0, 0.05) is 18.0 Å². The Morgan fingerprint density at radius 1 is 1.17 bits per heavy atom. The average molecular weight is 321 g/mol. The van der Waals surface area contributed by atoms with Crippen molar-refractivity contribution < 1.29 is 9.53 Å². The van der Waals surface area contributed by atoms with E-state index in [4.69, 9.17) is 4.74 Å². The minimum Gasteiger partial charge on any atom is -0.466 e. The first-order valence-corrected chi connectivity index (χ1v) is 7.28. The van der Waals surface area contributed by atoms with Gasteiger partial charge < -0.3 is 4.74 Å². The molecule has 2 aromatic heterocycles. The number of hydrogen-bond donors (Lipinski definition) is 0. The second kappa shape index (κ2) is 7.28. The van der Waals surface area contributed by atoms with Crippen LogP contribution in [0.2, 0.25) is 0 Å². The van der Waals surface area contributed by atoms with Gasteiger partial charge in [0.15, 0.2) is 5.82 Å². The second-order valence-electron chi connectivity index (χ2n) is 4.97. The SMILES string of the molecule is COC(=O)/C(=C/c1ccccc1)Cn1nnnc1-c1ccncc1. The smallest absolute Gasteiger partial charge is 0.335 e. The van der Waals surface area contributed by atoms with Gasteiger partial charge in [-0.2, -0.15) is 0 Å². The normalized spacial score (nSPS) is 11.3. The number of tetrazole rings is 1. The Morgan fingerprint density at radius 2 is 1.92 bits per heavy atom. The molecule has 0 bridgehead atoms. The zero-order chi connectivity index (χ0) is 16.8. The summed E-state index contributed by atoms with van der Waals surface area (Å²) in [7, 11) is 1.35. The van der Waals surface area contributed by atoms with Crippen LogP contribution < -0.4 is 0 Å². The molecule has 3 rings (SSSR count). The summed E-state index contributed by atoms with van der Waals surface area (Å²) in [5.74, 6) is 0.135. The minimum atomic E-state index is -0.421. The number of benzene rings is 1. The van der Waals surface area contributed by atoms with Crippen molar-refractivity contribution in [3.05, 3.63) is 66.0 Å². The van der Waals surface area contributed by atoms with Crippen LogP contribution in [0, 0.1) is 0 Å². The zero-order valence-electron chi connectivity index (χ0n) is 13.0. The summed E-state index contributed by atoms with van der Waals surface area (Å²) < 4.78 is 6.44. The van der Waals surface area contributed by atoms with Crippen LogP contribution in [0.3, 0.4) is 0 Å². The van der Waals surface area contributed by atoms with Crippen LogP contribution in [0.15, 0.2) is 60.4 Å². The van der Waals surface area contributed by atoms with Gasteiger partial charge in [-0.3, -0.25) is 4.98 Å². The molecule has 120 valence electrons. The van der Waals surface area contributed by atoms with E-state index in [2.05, 4.69) is 20.5 Å². The maximum Gasteiger partial charge on any atom is 0.335 e. The number of pyridine rings is 1. The molecule has 0 unspecified atom stereocenters. The van der Waals surface area contributed by atoms with Crippen molar-refractivity contribution in [2.45, 2.75) is 6.54 Å². The van der Waals surface area contributed by atoms with Crippen molar-refractivity contribution in [1.29, 1.82) is 0 Å². The molecule has 2 heterocycles. The highest BCUT2D eigenvalue weighted by atomic mass is 16.5. The molecule has 24 heavy (non-hydrogen) atoms. The van der Waals surface area contributed by atoms with Crippen LogP contribution in [-0.4, -0.2) is 38.3 Å². The lowest BCUT2D eigenvalue weighted by Gasteiger charge is -2.08. The Labute approximate surface area is 138 Å². The number of methoxy groups -OCH3 is 1. The van der Waals surface area contributed by atoms with Crippen molar-refractivity contribution in [2.24, 2.45) is 0 Å². The van der Waals surface area contributed by atoms with Gasteiger partial charge in [-0.25, -0.2) is 9.48 Å². The first kappa shape index (κ1) is 15.5. The average Bonchev–Trinajstić information content (AvgIpc) is 3.10. The highest BCUT2D eigenvalue weighted by molar-refractivity contribution is 5.93. The predicted molar refractivity (Wildman–Crippen MR) is 87.5 cm³/mol. The summed E-state index contributed by atoms with van der Waals surface area (Å²) in [4.78, 5) is 16.1. The van der Waals surface area contributed by atoms with Gasteiger partial charge >= 0.3 is 5.97 Å². The third kappa shape index (κ3) is 3.52. The zero-order valence-corrected chi connectivity index (χ0v) is 13.0. The third-order valence-electron chi connectivity index (χ3n) is 3.38. The van der Waals surface area contributed by atoms with Gasteiger partial charge in [0.05, 0.1) is 19.2 Å². The molecule has 0 radical (unpaired) electrons. The molecule has 0 aliphatic rings. The van der Waals surface area contributed by atoms with Gasteiger partial charge in [0.1, 0.15) is 0 Å². The van der Waals surface area contributed by atoms with Crippen molar-refractivity contribution in [2.75, 3.05) is 7.11 Å². The van der Waals surface area contributed by atoms with E-state index in [0.29, 0.717) is 11.4 Å². The minimum absolute atomic E-state index is 0.201. The van der Waals surface area contributed by atoms with Crippen LogP contribution >= 0.6 is 0 Å². The molecular weight excluding hydrogens is 306 g/mol. The van der Waals surface area contributed by atoms with E-state index in [1.165, 1.54) is 7.11 Å². The molecule has 0 spiro atoms. The number of nitrogens with zero attached hydrogens (tertiary/aromatic N) is 5. The molecule has 7 nitrogen and oxygen atoms in total. The van der Waals surface area contributed by atoms with E-state index in [1.54, 1.807) is 35.3 Å². The summed E-state index contributed by atoms with van der Waals surface area (Å²) in [6, 6.07) is 13.2. The van der Waals surface area contributed by atoms with E-state index >= 15 is 0 Å². The topological polar surface area (TPSA) is 82.8 Å². The summed E-state index contributed by atoms with van der Waals surface area (Å²) in [6.45, 7) is 0.201. The van der Waals surface area contributed by atoms with Crippen molar-refractivity contribution in [3.63, 3.8) is 0 Å². The molecule has 3 aromatic rings. The van der Waals surface area contributed by atoms with Crippen molar-refractivity contribution in [3.8, 4) is 11.4 Å². The molecule has 1 aromatic carbocycles. The van der Waals surface area contributed by atoms with E-state index in [9.17, 15) is 4.79 Å². The Morgan fingerprint density at radius 3 is 2.62 bits per heavy atom. The van der Waals surface area contributed by atoms with Crippen LogP contribution in [0.1, 0.15) is 5.56 Å². The first-order chi connectivity index (χ1) is 11.8. The van der Waals surface area contributed by atoms with E-state index < -0.39 is 5.97 Å². The lowest BCUT2D eigenvalue weighted by molar-refractivity contribution is -0.136. The molecule has 0 saturated heterocycles. The van der Waals surface area contributed by atoms with Crippen LogP contribution in [0.4, 0.5) is 0 Å². The fourth-order valence-corrected chi connectivity index (χ4v) is 2.23. The largest absolute Gasteiger partial charge is 0.466 e. The summed E-state index contributed by atoms with van der Waals surface area (Å²) in [5.41, 5.74) is 2.17. The van der Waals surface area contributed by atoms with Crippen LogP contribution in [-0.2, 0) is 16.1 Å². The standard InChI is InChI=1S/C17H15N5O2/c1-24-17(23)15(11-13-5-3-2-4-6-13)12-22-16(19-20-21-22)14-7-9-18-10-8-14/h2-11H,12H2,1H3/b15-11+. The summed E-state index contributed by atoms with van der Waals surface area (Å²) in [5, 5.41) is 11.7. The van der Waals surface area contributed by atoms with Gasteiger partial charge in [-0.05, 0) is 34.2 Å². The number of carbonyl (C=O) groups is 1. The van der Waals surface area contributed by atoms with Gasteiger partial charge in [-0.1, -0.05) is 30.3 Å². The van der Waals surface area contributed by atoms with Crippen LogP contribution in [0.25, 0.3) is 17.5 Å². The molecule has 0 aliphatic heterocycles. The number of aromatic nitrogens is 5. The van der Waals surface area contributed by atoms with Crippen LogP contribution in [0.5, 0.6) is 0 Å². The molecule has 0 aliphatic carbocycles. The monoisotopic (exact) mass is 321 g/mol. The van der Waals surface area contributed by atoms with Crippen molar-refractivity contribution >= 4 is 12.0 Å². The van der Waals surface area contributed by atoms with E-state index in [1.807, 2.05) is 30.3 Å². The molecule has 0 amide bonds. The number of carbonyl (C=O) groups excluding carboxylic acids is 1. The van der Waals surface area contributed by atoms with E-state index in [-0.39, 0.29) is 6.54 Å². The highest BCUT2D eigenvalue weighted by Crippen LogP contribution is 2.17. The van der Waals surface area contributed by atoms with Crippen molar-refractivity contribution in [1.82, 2.24) is 25.2 Å². The lowest BCUT2D eigenvalue weighted by Crippen LogP contribution is -2.13. The first-order valence-electron chi connectivity index (χ1n) is 7.28. The maximum absolute atomic E-state index is 12.1. The highest BCUT2D eigenvalue weighted by Gasteiger charge is 2.15. The second-order valence-corrected chi connectivity index (χ2v) is 4.97. The number of esters is 1. The molecule has 7 heteroatoms. The molecule has 0 fully saturated rings. The predicted octanol–water partition coefficient (Wildman–Crippen LogP) is 1.99. The molecule has 0 N–H and O–H groups in total. The summed E-state index contributed by atoms with van der Waals surface area (Å²) >= 11 is 0. The number of rotatable bonds is 5. The molecule has 0 atom stereocenters. The summed E-state index contributed by atoms with van der Waals surface area (Å²) in [6.07, 6.45) is 5.09. The fraction of sp³-hybridized carbons (Fsp3) is 0.118. The van der Waals surface area contributed by atoms with Gasteiger partial charge in [0.2, 0.25) is 0 Å². The van der Waals surface area contributed by atoms with E-state index in [0.717, 1.165) is 11.1 Å². The Bertz CT molecular complexity index is 844. The number of hydrogen-bond acceptors (Lipinski definition) is 6. The van der Waals surface area contributed by atoms with Gasteiger partial charge in [0.25, 0.3) is 0 Å². The Hall–Kier alpha value is -3.35. The maximum atomic E-state index is 12.1. The third-order valence-corrected chi connectivity index (χ3v) is 3.38. The molecular formula is C17H15N5O2. The fourth-order valence-electron chi connectivity index (χ4n) is 2.23. The number of ether oxygens (including phenoxy) is 1. The Balaban J connectivity index is 1.94. The Kier molecular flexibility index (Phi) is 4.71.